The van der Waals surface area contributed by atoms with E-state index in [1.807, 2.05) is 31.2 Å². The third kappa shape index (κ3) is 5.14. The Morgan fingerprint density at radius 2 is 2.00 bits per heavy atom. The number of benzene rings is 2. The lowest BCUT2D eigenvalue weighted by molar-refractivity contribution is -0.139. The van der Waals surface area contributed by atoms with Crippen molar-refractivity contribution in [2.45, 2.75) is 13.5 Å². The zero-order chi connectivity index (χ0) is 20.8. The first-order valence-corrected chi connectivity index (χ1v) is 9.03. The second-order valence-corrected chi connectivity index (χ2v) is 6.46. The van der Waals surface area contributed by atoms with E-state index in [1.54, 1.807) is 18.2 Å². The van der Waals surface area contributed by atoms with E-state index in [9.17, 15) is 4.79 Å². The first-order chi connectivity index (χ1) is 14.0. The van der Waals surface area contributed by atoms with Gasteiger partial charge in [-0.15, -0.1) is 10.2 Å². The zero-order valence-corrected chi connectivity index (χ0v) is 16.9. The number of esters is 1. The van der Waals surface area contributed by atoms with Gasteiger partial charge in [0.2, 0.25) is 5.89 Å². The van der Waals surface area contributed by atoms with Crippen LogP contribution in [0.15, 0.2) is 46.9 Å². The van der Waals surface area contributed by atoms with E-state index in [4.69, 9.17) is 30.2 Å². The summed E-state index contributed by atoms with van der Waals surface area (Å²) in [5.41, 5.74) is 2.54. The molecule has 0 amide bonds. The molecule has 0 aliphatic heterocycles. The number of nitrogens with zero attached hydrogens (tertiary/aromatic N) is 2. The number of aryl methyl sites for hydroxylation is 1. The van der Waals surface area contributed by atoms with Crippen molar-refractivity contribution in [1.82, 2.24) is 10.2 Å². The van der Waals surface area contributed by atoms with E-state index >= 15 is 0 Å². The van der Waals surface area contributed by atoms with Crippen LogP contribution in [0.3, 0.4) is 0 Å². The standard InChI is InChI=1S/C21H19ClN2O5/c1-13-5-4-6-15(9-13)21-24-23-18(29-21)12-28-19(25)8-7-14-10-16(22)20(27-3)17(11-14)26-2/h4-11H,12H2,1-3H3/b8-7+. The van der Waals surface area contributed by atoms with Crippen LogP contribution >= 0.6 is 11.6 Å². The van der Waals surface area contributed by atoms with Crippen LogP contribution in [-0.2, 0) is 16.1 Å². The molecule has 0 spiro atoms. The molecule has 0 saturated carbocycles. The third-order valence-corrected chi connectivity index (χ3v) is 4.22. The molecule has 0 fully saturated rings. The summed E-state index contributed by atoms with van der Waals surface area (Å²) in [6, 6.07) is 11.0. The molecule has 0 saturated heterocycles. The summed E-state index contributed by atoms with van der Waals surface area (Å²) in [4.78, 5) is 12.0. The quantitative estimate of drug-likeness (QED) is 0.416. The molecule has 29 heavy (non-hydrogen) atoms. The van der Waals surface area contributed by atoms with Crippen LogP contribution < -0.4 is 9.47 Å². The number of rotatable bonds is 7. The molecule has 0 aliphatic carbocycles. The van der Waals surface area contributed by atoms with Crippen LogP contribution in [0.25, 0.3) is 17.5 Å². The molecule has 7 nitrogen and oxygen atoms in total. The molecule has 0 radical (unpaired) electrons. The van der Waals surface area contributed by atoms with Gasteiger partial charge in [-0.2, -0.15) is 0 Å². The van der Waals surface area contributed by atoms with Crippen LogP contribution in [0.1, 0.15) is 17.0 Å². The van der Waals surface area contributed by atoms with Gasteiger partial charge in [0.1, 0.15) is 0 Å². The SMILES string of the molecule is COc1cc(/C=C/C(=O)OCc2nnc(-c3cccc(C)c3)o2)cc(Cl)c1OC. The topological polar surface area (TPSA) is 83.7 Å². The molecule has 0 unspecified atom stereocenters. The summed E-state index contributed by atoms with van der Waals surface area (Å²) < 4.78 is 21.1. The van der Waals surface area contributed by atoms with Crippen LogP contribution in [0.2, 0.25) is 5.02 Å². The average Bonchev–Trinajstić information content (AvgIpc) is 3.19. The van der Waals surface area contributed by atoms with Crippen LogP contribution in [0, 0.1) is 6.92 Å². The summed E-state index contributed by atoms with van der Waals surface area (Å²) in [6.45, 7) is 1.84. The van der Waals surface area contributed by atoms with Crippen molar-refractivity contribution < 1.29 is 23.4 Å². The maximum absolute atomic E-state index is 12.0. The molecular weight excluding hydrogens is 396 g/mol. The lowest BCUT2D eigenvalue weighted by Gasteiger charge is -2.10. The smallest absolute Gasteiger partial charge is 0.331 e. The van der Waals surface area contributed by atoms with Crippen molar-refractivity contribution >= 4 is 23.6 Å². The monoisotopic (exact) mass is 414 g/mol. The van der Waals surface area contributed by atoms with E-state index in [-0.39, 0.29) is 12.5 Å². The Kier molecular flexibility index (Phi) is 6.51. The largest absolute Gasteiger partial charge is 0.493 e. The lowest BCUT2D eigenvalue weighted by Crippen LogP contribution is -2.01. The van der Waals surface area contributed by atoms with Gasteiger partial charge in [-0.3, -0.25) is 0 Å². The second-order valence-electron chi connectivity index (χ2n) is 6.05. The molecule has 3 rings (SSSR count). The molecule has 0 bridgehead atoms. The Morgan fingerprint density at radius 1 is 1.17 bits per heavy atom. The van der Waals surface area contributed by atoms with Gasteiger partial charge < -0.3 is 18.6 Å². The lowest BCUT2D eigenvalue weighted by atomic mass is 10.1. The number of aromatic nitrogens is 2. The molecule has 150 valence electrons. The van der Waals surface area contributed by atoms with Crippen molar-refractivity contribution in [1.29, 1.82) is 0 Å². The maximum Gasteiger partial charge on any atom is 0.331 e. The summed E-state index contributed by atoms with van der Waals surface area (Å²) in [5.74, 6) is 0.899. The van der Waals surface area contributed by atoms with Crippen molar-refractivity contribution in [2.75, 3.05) is 14.2 Å². The molecule has 3 aromatic rings. The third-order valence-electron chi connectivity index (χ3n) is 3.94. The number of carbonyl (C=O) groups excluding carboxylic acids is 1. The van der Waals surface area contributed by atoms with Crippen molar-refractivity contribution in [3.63, 3.8) is 0 Å². The van der Waals surface area contributed by atoms with Crippen LogP contribution in [-0.4, -0.2) is 30.4 Å². The predicted octanol–water partition coefficient (Wildman–Crippen LogP) is 4.47. The minimum atomic E-state index is -0.564. The first kappa shape index (κ1) is 20.4. The zero-order valence-electron chi connectivity index (χ0n) is 16.1. The van der Waals surface area contributed by atoms with Crippen LogP contribution in [0.4, 0.5) is 0 Å². The predicted molar refractivity (Wildman–Crippen MR) is 108 cm³/mol. The normalized spacial score (nSPS) is 10.9. The number of carbonyl (C=O) groups is 1. The van der Waals surface area contributed by atoms with Gasteiger partial charge in [-0.1, -0.05) is 29.3 Å². The Hall–Kier alpha value is -3.32. The van der Waals surface area contributed by atoms with Gasteiger partial charge in [0, 0.05) is 11.6 Å². The van der Waals surface area contributed by atoms with E-state index in [1.165, 1.54) is 20.3 Å². The van der Waals surface area contributed by atoms with Crippen molar-refractivity contribution in [3.05, 3.63) is 64.5 Å². The molecular formula is C21H19ClN2O5. The highest BCUT2D eigenvalue weighted by Crippen LogP contribution is 2.36. The molecule has 0 atom stereocenters. The molecule has 1 aromatic heterocycles. The van der Waals surface area contributed by atoms with Gasteiger partial charge in [0.05, 0.1) is 19.2 Å². The van der Waals surface area contributed by atoms with Gasteiger partial charge in [-0.25, -0.2) is 4.79 Å². The Balaban J connectivity index is 1.61. The van der Waals surface area contributed by atoms with E-state index < -0.39 is 5.97 Å². The van der Waals surface area contributed by atoms with E-state index in [0.29, 0.717) is 28.0 Å². The second kappa shape index (κ2) is 9.25. The fraction of sp³-hybridized carbons (Fsp3) is 0.190. The highest BCUT2D eigenvalue weighted by Gasteiger charge is 2.12. The molecule has 1 heterocycles. The highest BCUT2D eigenvalue weighted by molar-refractivity contribution is 6.32. The highest BCUT2D eigenvalue weighted by atomic mass is 35.5. The van der Waals surface area contributed by atoms with Gasteiger partial charge in [0.15, 0.2) is 18.1 Å². The molecule has 0 aliphatic rings. The number of hydrogen-bond donors (Lipinski definition) is 0. The van der Waals surface area contributed by atoms with Crippen LogP contribution in [0.5, 0.6) is 11.5 Å². The summed E-state index contributed by atoms with van der Waals surface area (Å²) >= 11 is 6.15. The maximum atomic E-state index is 12.0. The summed E-state index contributed by atoms with van der Waals surface area (Å²) in [5, 5.41) is 8.25. The molecule has 2 aromatic carbocycles. The number of methoxy groups -OCH3 is 2. The average molecular weight is 415 g/mol. The van der Waals surface area contributed by atoms with Crippen molar-refractivity contribution in [3.8, 4) is 23.0 Å². The van der Waals surface area contributed by atoms with Gasteiger partial charge >= 0.3 is 5.97 Å². The summed E-state index contributed by atoms with van der Waals surface area (Å²) in [6.07, 6.45) is 2.83. The minimum absolute atomic E-state index is 0.130. The number of ether oxygens (including phenoxy) is 3. The van der Waals surface area contributed by atoms with Gasteiger partial charge in [0.25, 0.3) is 5.89 Å². The number of hydrogen-bond acceptors (Lipinski definition) is 7. The fourth-order valence-corrected chi connectivity index (χ4v) is 2.88. The van der Waals surface area contributed by atoms with Gasteiger partial charge in [-0.05, 0) is 42.8 Å². The van der Waals surface area contributed by atoms with E-state index in [0.717, 1.165) is 11.1 Å². The van der Waals surface area contributed by atoms with E-state index in [2.05, 4.69) is 10.2 Å². The first-order valence-electron chi connectivity index (χ1n) is 8.66. The fourth-order valence-electron chi connectivity index (χ4n) is 2.59. The molecule has 8 heteroatoms. The summed E-state index contributed by atoms with van der Waals surface area (Å²) in [7, 11) is 3.00. The molecule has 0 N–H and O–H groups in total. The number of halogens is 1. The minimum Gasteiger partial charge on any atom is -0.493 e. The van der Waals surface area contributed by atoms with Crippen molar-refractivity contribution in [2.24, 2.45) is 0 Å². The Morgan fingerprint density at radius 3 is 2.72 bits per heavy atom. The Labute approximate surface area is 172 Å². The Bertz CT molecular complexity index is 1050.